The summed E-state index contributed by atoms with van der Waals surface area (Å²) in [6.07, 6.45) is 1.93. The standard InChI is InChI=1S/C18H18N2O4S2/c1-12-9-16(24-19-12)13-7-8-18(17(10-13)23-2)26(21,22)20-14-5-4-6-15(11-14)25-3/h4-11,20H,1-3H3. The number of sulfonamides is 1. The zero-order valence-corrected chi connectivity index (χ0v) is 16.1. The van der Waals surface area contributed by atoms with Gasteiger partial charge in [0.25, 0.3) is 10.0 Å². The van der Waals surface area contributed by atoms with Crippen LogP contribution in [0.15, 0.2) is 62.8 Å². The summed E-state index contributed by atoms with van der Waals surface area (Å²) in [4.78, 5) is 1.02. The molecule has 0 amide bonds. The topological polar surface area (TPSA) is 81.4 Å². The van der Waals surface area contributed by atoms with E-state index in [2.05, 4.69) is 9.88 Å². The largest absolute Gasteiger partial charge is 0.495 e. The molecule has 0 bridgehead atoms. The number of thioether (sulfide) groups is 1. The SMILES string of the molecule is COc1cc(-c2cc(C)no2)ccc1S(=O)(=O)Nc1cccc(SC)c1. The molecule has 0 saturated heterocycles. The van der Waals surface area contributed by atoms with Gasteiger partial charge < -0.3 is 9.26 Å². The molecule has 3 rings (SSSR count). The van der Waals surface area contributed by atoms with Gasteiger partial charge in [-0.1, -0.05) is 11.2 Å². The van der Waals surface area contributed by atoms with Crippen LogP contribution in [0.2, 0.25) is 0 Å². The molecule has 0 spiro atoms. The number of aromatic nitrogens is 1. The Balaban J connectivity index is 1.96. The normalized spacial score (nSPS) is 11.3. The van der Waals surface area contributed by atoms with Gasteiger partial charge in [0, 0.05) is 22.2 Å². The third-order valence-corrected chi connectivity index (χ3v) is 5.83. The van der Waals surface area contributed by atoms with E-state index in [4.69, 9.17) is 9.26 Å². The summed E-state index contributed by atoms with van der Waals surface area (Å²) in [7, 11) is -2.38. The van der Waals surface area contributed by atoms with Crippen LogP contribution in [0.25, 0.3) is 11.3 Å². The van der Waals surface area contributed by atoms with Gasteiger partial charge in [-0.05, 0) is 49.6 Å². The number of aryl methyl sites for hydroxylation is 1. The van der Waals surface area contributed by atoms with Gasteiger partial charge in [-0.3, -0.25) is 4.72 Å². The zero-order valence-electron chi connectivity index (χ0n) is 14.5. The Labute approximate surface area is 156 Å². The minimum atomic E-state index is -3.81. The van der Waals surface area contributed by atoms with Crippen molar-refractivity contribution in [3.63, 3.8) is 0 Å². The van der Waals surface area contributed by atoms with Gasteiger partial charge in [0.2, 0.25) is 0 Å². The number of benzene rings is 2. The first-order chi connectivity index (χ1) is 12.4. The van der Waals surface area contributed by atoms with Crippen molar-refractivity contribution in [2.75, 3.05) is 18.1 Å². The maximum Gasteiger partial charge on any atom is 0.265 e. The van der Waals surface area contributed by atoms with Gasteiger partial charge in [-0.25, -0.2) is 8.42 Å². The number of anilines is 1. The molecule has 1 N–H and O–H groups in total. The molecule has 1 heterocycles. The lowest BCUT2D eigenvalue weighted by molar-refractivity contribution is 0.402. The summed E-state index contributed by atoms with van der Waals surface area (Å²) >= 11 is 1.54. The Morgan fingerprint density at radius 1 is 1.15 bits per heavy atom. The monoisotopic (exact) mass is 390 g/mol. The first-order valence-corrected chi connectivity index (χ1v) is 10.4. The quantitative estimate of drug-likeness (QED) is 0.636. The number of hydrogen-bond donors (Lipinski definition) is 1. The first-order valence-electron chi connectivity index (χ1n) is 7.71. The molecule has 0 aliphatic carbocycles. The van der Waals surface area contributed by atoms with E-state index in [1.807, 2.05) is 19.2 Å². The molecule has 2 aromatic carbocycles. The Kier molecular flexibility index (Phi) is 5.24. The highest BCUT2D eigenvalue weighted by Crippen LogP contribution is 2.32. The molecule has 0 radical (unpaired) electrons. The fourth-order valence-corrected chi connectivity index (χ4v) is 4.10. The van der Waals surface area contributed by atoms with Crippen molar-refractivity contribution in [2.24, 2.45) is 0 Å². The number of ether oxygens (including phenoxy) is 1. The lowest BCUT2D eigenvalue weighted by Gasteiger charge is -2.13. The molecule has 6 nitrogen and oxygen atoms in total. The summed E-state index contributed by atoms with van der Waals surface area (Å²) in [5.41, 5.74) is 1.92. The Hall–Kier alpha value is -2.45. The van der Waals surface area contributed by atoms with Crippen LogP contribution in [0.1, 0.15) is 5.69 Å². The van der Waals surface area contributed by atoms with Gasteiger partial charge in [0.1, 0.15) is 10.6 Å². The number of hydrogen-bond acceptors (Lipinski definition) is 6. The predicted octanol–water partition coefficient (Wildman–Crippen LogP) is 4.18. The third-order valence-electron chi connectivity index (χ3n) is 3.69. The Morgan fingerprint density at radius 3 is 2.62 bits per heavy atom. The van der Waals surface area contributed by atoms with Crippen molar-refractivity contribution in [3.05, 3.63) is 54.2 Å². The molecule has 26 heavy (non-hydrogen) atoms. The highest BCUT2D eigenvalue weighted by molar-refractivity contribution is 7.98. The van der Waals surface area contributed by atoms with E-state index in [9.17, 15) is 8.42 Å². The summed E-state index contributed by atoms with van der Waals surface area (Å²) < 4.78 is 38.7. The van der Waals surface area contributed by atoms with Crippen LogP contribution in [-0.2, 0) is 10.0 Å². The van der Waals surface area contributed by atoms with Crippen molar-refractivity contribution in [1.29, 1.82) is 0 Å². The molecule has 3 aromatic rings. The molecule has 1 aromatic heterocycles. The van der Waals surface area contributed by atoms with Crippen LogP contribution in [0.3, 0.4) is 0 Å². The lowest BCUT2D eigenvalue weighted by atomic mass is 10.1. The van der Waals surface area contributed by atoms with Crippen molar-refractivity contribution in [3.8, 4) is 17.1 Å². The summed E-state index contributed by atoms with van der Waals surface area (Å²) in [6.45, 7) is 1.82. The molecule has 0 unspecified atom stereocenters. The maximum absolute atomic E-state index is 12.8. The van der Waals surface area contributed by atoms with Crippen molar-refractivity contribution in [2.45, 2.75) is 16.7 Å². The third kappa shape index (κ3) is 3.86. The average Bonchev–Trinajstić information content (AvgIpc) is 3.07. The molecule has 8 heteroatoms. The van der Waals surface area contributed by atoms with Gasteiger partial charge in [0.15, 0.2) is 5.76 Å². The van der Waals surface area contributed by atoms with Gasteiger partial charge >= 0.3 is 0 Å². The van der Waals surface area contributed by atoms with Gasteiger partial charge in [0.05, 0.1) is 12.8 Å². The van der Waals surface area contributed by atoms with Crippen LogP contribution in [0, 0.1) is 6.92 Å². The van der Waals surface area contributed by atoms with Crippen molar-refractivity contribution in [1.82, 2.24) is 5.16 Å². The van der Waals surface area contributed by atoms with Crippen LogP contribution in [0.4, 0.5) is 5.69 Å². The number of nitrogens with zero attached hydrogens (tertiary/aromatic N) is 1. The van der Waals surface area contributed by atoms with E-state index in [0.717, 1.165) is 10.6 Å². The molecular weight excluding hydrogens is 372 g/mol. The Morgan fingerprint density at radius 2 is 1.96 bits per heavy atom. The molecule has 0 aliphatic heterocycles. The van der Waals surface area contributed by atoms with Crippen LogP contribution in [0.5, 0.6) is 5.75 Å². The summed E-state index contributed by atoms with van der Waals surface area (Å²) in [6, 6.07) is 13.7. The van der Waals surface area contributed by atoms with Gasteiger partial charge in [-0.15, -0.1) is 11.8 Å². The predicted molar refractivity (Wildman–Crippen MR) is 102 cm³/mol. The molecule has 0 aliphatic rings. The Bertz CT molecular complexity index is 1030. The number of methoxy groups -OCH3 is 1. The van der Waals surface area contributed by atoms with E-state index in [1.54, 1.807) is 36.4 Å². The first kappa shape index (κ1) is 18.3. The summed E-state index contributed by atoms with van der Waals surface area (Å²) in [5.74, 6) is 0.774. The molecular formula is C18H18N2O4S2. The van der Waals surface area contributed by atoms with E-state index in [1.165, 1.54) is 24.9 Å². The highest BCUT2D eigenvalue weighted by atomic mass is 32.2. The average molecular weight is 390 g/mol. The van der Waals surface area contributed by atoms with Crippen molar-refractivity contribution < 1.29 is 17.7 Å². The van der Waals surface area contributed by atoms with Crippen LogP contribution in [-0.4, -0.2) is 26.9 Å². The fraction of sp³-hybridized carbons (Fsp3) is 0.167. The second kappa shape index (κ2) is 7.43. The highest BCUT2D eigenvalue weighted by Gasteiger charge is 2.21. The van der Waals surface area contributed by atoms with E-state index >= 15 is 0 Å². The summed E-state index contributed by atoms with van der Waals surface area (Å²) in [5, 5.41) is 3.84. The van der Waals surface area contributed by atoms with Gasteiger partial charge in [-0.2, -0.15) is 0 Å². The zero-order chi connectivity index (χ0) is 18.7. The minimum Gasteiger partial charge on any atom is -0.495 e. The van der Waals surface area contributed by atoms with Crippen LogP contribution >= 0.6 is 11.8 Å². The molecule has 0 saturated carbocycles. The smallest absolute Gasteiger partial charge is 0.265 e. The van der Waals surface area contributed by atoms with E-state index in [0.29, 0.717) is 17.0 Å². The second-order valence-electron chi connectivity index (χ2n) is 5.54. The number of rotatable bonds is 6. The molecule has 136 valence electrons. The minimum absolute atomic E-state index is 0.0505. The fourth-order valence-electron chi connectivity index (χ4n) is 2.44. The molecule has 0 fully saturated rings. The molecule has 0 atom stereocenters. The lowest BCUT2D eigenvalue weighted by Crippen LogP contribution is -2.14. The van der Waals surface area contributed by atoms with Crippen molar-refractivity contribution >= 4 is 27.5 Å². The van der Waals surface area contributed by atoms with Crippen LogP contribution < -0.4 is 9.46 Å². The maximum atomic E-state index is 12.8. The van der Waals surface area contributed by atoms with E-state index in [-0.39, 0.29) is 10.6 Å². The van der Waals surface area contributed by atoms with E-state index < -0.39 is 10.0 Å². The second-order valence-corrected chi connectivity index (χ2v) is 8.07. The number of nitrogens with one attached hydrogen (secondary N) is 1.